The van der Waals surface area contributed by atoms with Crippen LogP contribution in [0.1, 0.15) is 6.42 Å². The molecule has 0 aliphatic heterocycles. The number of hydrogen-bond acceptors (Lipinski definition) is 3. The molecule has 0 saturated heterocycles. The average Bonchev–Trinajstić information content (AvgIpc) is 2.84. The topological polar surface area (TPSA) is 59.8 Å². The number of anilines is 1. The van der Waals surface area contributed by atoms with Crippen LogP contribution in [0.5, 0.6) is 0 Å². The fourth-order valence-corrected chi connectivity index (χ4v) is 1.67. The molecule has 88 valence electrons. The number of alkyl halides is 1. The first-order valence-corrected chi connectivity index (χ1v) is 6.23. The van der Waals surface area contributed by atoms with E-state index in [9.17, 15) is 4.79 Å². The van der Waals surface area contributed by atoms with Crippen molar-refractivity contribution < 1.29 is 4.79 Å². The van der Waals surface area contributed by atoms with Crippen LogP contribution < -0.4 is 5.32 Å². The molecule has 0 spiro atoms. The number of pyridine rings is 1. The Morgan fingerprint density at radius 2 is 2.35 bits per heavy atom. The summed E-state index contributed by atoms with van der Waals surface area (Å²) in [6, 6.07) is 5.43. The predicted molar refractivity (Wildman–Crippen MR) is 68.4 cm³/mol. The Balaban J connectivity index is 2.06. The molecule has 0 bridgehead atoms. The molecular formula is C11H11BrN4O. The molecule has 2 rings (SSSR count). The number of rotatable bonds is 4. The number of nitrogens with one attached hydrogen (secondary N) is 1. The summed E-state index contributed by atoms with van der Waals surface area (Å²) in [4.78, 5) is 15.5. The van der Waals surface area contributed by atoms with Gasteiger partial charge in [-0.25, -0.2) is 9.67 Å². The number of nitrogens with zero attached hydrogens (tertiary/aromatic N) is 3. The maximum absolute atomic E-state index is 11.3. The quantitative estimate of drug-likeness (QED) is 0.878. The zero-order chi connectivity index (χ0) is 12.1. The zero-order valence-corrected chi connectivity index (χ0v) is 10.6. The van der Waals surface area contributed by atoms with Gasteiger partial charge in [-0.3, -0.25) is 4.79 Å². The van der Waals surface area contributed by atoms with Gasteiger partial charge in [0.1, 0.15) is 0 Å². The van der Waals surface area contributed by atoms with E-state index in [2.05, 4.69) is 31.3 Å². The Bertz CT molecular complexity index is 481. The fraction of sp³-hybridized carbons (Fsp3) is 0.182. The van der Waals surface area contributed by atoms with Gasteiger partial charge >= 0.3 is 0 Å². The summed E-state index contributed by atoms with van der Waals surface area (Å²) in [5.41, 5.74) is 0.687. The molecule has 6 heteroatoms. The summed E-state index contributed by atoms with van der Waals surface area (Å²) >= 11 is 3.21. The van der Waals surface area contributed by atoms with Crippen LogP contribution in [0.15, 0.2) is 36.8 Å². The molecule has 1 N–H and O–H groups in total. The first kappa shape index (κ1) is 11.8. The molecule has 1 amide bonds. The van der Waals surface area contributed by atoms with Crippen molar-refractivity contribution in [3.8, 4) is 5.82 Å². The molecule has 17 heavy (non-hydrogen) atoms. The minimum Gasteiger partial charge on any atom is -0.325 e. The Labute approximate surface area is 107 Å². The molecule has 0 saturated carbocycles. The molecule has 0 aromatic carbocycles. The molecule has 0 aliphatic rings. The second kappa shape index (κ2) is 5.58. The van der Waals surface area contributed by atoms with E-state index in [-0.39, 0.29) is 5.91 Å². The monoisotopic (exact) mass is 294 g/mol. The normalized spacial score (nSPS) is 10.2. The minimum atomic E-state index is -0.0319. The van der Waals surface area contributed by atoms with Gasteiger partial charge in [0.25, 0.3) is 0 Å². The van der Waals surface area contributed by atoms with Gasteiger partial charge < -0.3 is 5.32 Å². The fourth-order valence-electron chi connectivity index (χ4n) is 1.31. The highest BCUT2D eigenvalue weighted by atomic mass is 79.9. The number of carbonyl (C=O) groups is 1. The van der Waals surface area contributed by atoms with Gasteiger partial charge in [0.05, 0.1) is 11.9 Å². The number of aromatic nitrogens is 3. The van der Waals surface area contributed by atoms with Crippen molar-refractivity contribution in [3.05, 3.63) is 36.8 Å². The lowest BCUT2D eigenvalue weighted by atomic mass is 10.3. The molecule has 2 aromatic heterocycles. The van der Waals surface area contributed by atoms with Gasteiger partial charge in [-0.15, -0.1) is 0 Å². The maximum Gasteiger partial charge on any atom is 0.225 e. The van der Waals surface area contributed by atoms with Crippen LogP contribution in [0.4, 0.5) is 5.69 Å². The van der Waals surface area contributed by atoms with E-state index in [1.165, 1.54) is 0 Å². The summed E-state index contributed by atoms with van der Waals surface area (Å²) in [5, 5.41) is 7.47. The van der Waals surface area contributed by atoms with E-state index in [1.54, 1.807) is 29.2 Å². The third-order valence-electron chi connectivity index (χ3n) is 2.09. The van der Waals surface area contributed by atoms with Crippen molar-refractivity contribution in [2.75, 3.05) is 10.6 Å². The Hall–Kier alpha value is -1.69. The lowest BCUT2D eigenvalue weighted by Crippen LogP contribution is -2.12. The lowest BCUT2D eigenvalue weighted by molar-refractivity contribution is -0.115. The van der Waals surface area contributed by atoms with Crippen LogP contribution in [-0.2, 0) is 4.79 Å². The van der Waals surface area contributed by atoms with Gasteiger partial charge in [-0.2, -0.15) is 5.10 Å². The van der Waals surface area contributed by atoms with Crippen LogP contribution in [0.3, 0.4) is 0 Å². The number of halogens is 1. The predicted octanol–water partition coefficient (Wildman–Crippen LogP) is 1.99. The molecule has 0 aliphatic carbocycles. The van der Waals surface area contributed by atoms with Crippen molar-refractivity contribution in [1.82, 2.24) is 14.8 Å². The highest BCUT2D eigenvalue weighted by molar-refractivity contribution is 9.09. The summed E-state index contributed by atoms with van der Waals surface area (Å²) in [6.07, 6.45) is 5.56. The van der Waals surface area contributed by atoms with Crippen molar-refractivity contribution in [2.24, 2.45) is 0 Å². The van der Waals surface area contributed by atoms with E-state index in [4.69, 9.17) is 0 Å². The molecule has 2 heterocycles. The van der Waals surface area contributed by atoms with Crippen LogP contribution in [0, 0.1) is 0 Å². The molecule has 0 radical (unpaired) electrons. The maximum atomic E-state index is 11.3. The van der Waals surface area contributed by atoms with Gasteiger partial charge in [-0.1, -0.05) is 15.9 Å². The Kier molecular flexibility index (Phi) is 3.87. The minimum absolute atomic E-state index is 0.0319. The van der Waals surface area contributed by atoms with E-state index in [0.717, 1.165) is 0 Å². The number of carbonyl (C=O) groups excluding carboxylic acids is 1. The smallest absolute Gasteiger partial charge is 0.225 e. The van der Waals surface area contributed by atoms with Crippen LogP contribution in [0.2, 0.25) is 0 Å². The van der Waals surface area contributed by atoms with Crippen molar-refractivity contribution in [2.45, 2.75) is 6.42 Å². The zero-order valence-electron chi connectivity index (χ0n) is 9.01. The first-order valence-electron chi connectivity index (χ1n) is 5.11. The molecule has 5 nitrogen and oxygen atoms in total. The molecule has 0 atom stereocenters. The van der Waals surface area contributed by atoms with E-state index >= 15 is 0 Å². The average molecular weight is 295 g/mol. The highest BCUT2D eigenvalue weighted by Crippen LogP contribution is 2.09. The second-order valence-electron chi connectivity index (χ2n) is 3.34. The van der Waals surface area contributed by atoms with Gasteiger partial charge in [0.2, 0.25) is 5.91 Å². The van der Waals surface area contributed by atoms with Crippen LogP contribution >= 0.6 is 15.9 Å². The van der Waals surface area contributed by atoms with Gasteiger partial charge in [0.15, 0.2) is 5.82 Å². The van der Waals surface area contributed by atoms with E-state index in [1.807, 2.05) is 12.3 Å². The van der Waals surface area contributed by atoms with Crippen LogP contribution in [-0.4, -0.2) is 26.0 Å². The lowest BCUT2D eigenvalue weighted by Gasteiger charge is -2.04. The van der Waals surface area contributed by atoms with Gasteiger partial charge in [0, 0.05) is 24.1 Å². The van der Waals surface area contributed by atoms with Crippen LogP contribution in [0.25, 0.3) is 5.82 Å². The Morgan fingerprint density at radius 1 is 1.47 bits per heavy atom. The third kappa shape index (κ3) is 3.13. The SMILES string of the molecule is O=C(CCBr)Nc1ccc(-n2cccn2)nc1. The summed E-state index contributed by atoms with van der Waals surface area (Å²) in [6.45, 7) is 0. The standard InChI is InChI=1S/C11H11BrN4O/c12-5-4-11(17)15-9-2-3-10(13-8-9)16-7-1-6-14-16/h1-3,6-8H,4-5H2,(H,15,17). The molecule has 2 aromatic rings. The molecule has 0 unspecified atom stereocenters. The largest absolute Gasteiger partial charge is 0.325 e. The van der Waals surface area contributed by atoms with E-state index < -0.39 is 0 Å². The molecular weight excluding hydrogens is 284 g/mol. The first-order chi connectivity index (χ1) is 8.29. The number of hydrogen-bond donors (Lipinski definition) is 1. The van der Waals surface area contributed by atoms with Gasteiger partial charge in [-0.05, 0) is 18.2 Å². The van der Waals surface area contributed by atoms with Crippen molar-refractivity contribution in [3.63, 3.8) is 0 Å². The van der Waals surface area contributed by atoms with E-state index in [0.29, 0.717) is 23.3 Å². The summed E-state index contributed by atoms with van der Waals surface area (Å²) in [5.74, 6) is 0.684. The number of amides is 1. The van der Waals surface area contributed by atoms with Crippen molar-refractivity contribution >= 4 is 27.5 Å². The highest BCUT2D eigenvalue weighted by Gasteiger charge is 2.02. The molecule has 0 fully saturated rings. The second-order valence-corrected chi connectivity index (χ2v) is 4.14. The van der Waals surface area contributed by atoms with Crippen molar-refractivity contribution in [1.29, 1.82) is 0 Å². The summed E-state index contributed by atoms with van der Waals surface area (Å²) < 4.78 is 1.66. The third-order valence-corrected chi connectivity index (χ3v) is 2.49. The summed E-state index contributed by atoms with van der Waals surface area (Å²) in [7, 11) is 0. The Morgan fingerprint density at radius 3 is 2.94 bits per heavy atom.